The highest BCUT2D eigenvalue weighted by Gasteiger charge is 2.49. The van der Waals surface area contributed by atoms with Gasteiger partial charge in [0.15, 0.2) is 0 Å². The number of amides is 5. The molecule has 2 aromatic rings. The lowest BCUT2D eigenvalue weighted by Crippen LogP contribution is -2.44. The van der Waals surface area contributed by atoms with Crippen molar-refractivity contribution in [1.29, 1.82) is 0 Å². The first-order valence-electron chi connectivity index (χ1n) is 7.91. The van der Waals surface area contributed by atoms with Gasteiger partial charge in [-0.2, -0.15) is 0 Å². The van der Waals surface area contributed by atoms with E-state index in [1.807, 2.05) is 0 Å². The fraction of sp³-hybridized carbons (Fsp3) is 0.111. The zero-order valence-corrected chi connectivity index (χ0v) is 15.5. The van der Waals surface area contributed by atoms with E-state index in [9.17, 15) is 19.2 Å². The lowest BCUT2D eigenvalue weighted by atomic mass is 10.1. The van der Waals surface area contributed by atoms with Gasteiger partial charge in [0.2, 0.25) is 6.23 Å². The number of hydroxylamine groups is 2. The molecule has 1 fully saturated rings. The first-order chi connectivity index (χ1) is 12.9. The molecule has 0 N–H and O–H groups in total. The summed E-state index contributed by atoms with van der Waals surface area (Å²) in [6, 6.07) is 12.3. The number of nitrogens with zero attached hydrogens (tertiary/aromatic N) is 3. The van der Waals surface area contributed by atoms with Gasteiger partial charge in [-0.25, -0.2) is 9.63 Å². The number of rotatable bonds is 3. The lowest BCUT2D eigenvalue weighted by Gasteiger charge is -2.24. The van der Waals surface area contributed by atoms with Crippen LogP contribution in [0.3, 0.4) is 0 Å². The lowest BCUT2D eigenvalue weighted by molar-refractivity contribution is -0.158. The second-order valence-corrected chi connectivity index (χ2v) is 6.85. The summed E-state index contributed by atoms with van der Waals surface area (Å²) in [6.45, 7) is 0. The van der Waals surface area contributed by atoms with Crippen molar-refractivity contribution in [3.63, 3.8) is 0 Å². The summed E-state index contributed by atoms with van der Waals surface area (Å²) < 4.78 is 0.787. The highest BCUT2D eigenvalue weighted by molar-refractivity contribution is 9.10. The minimum atomic E-state index is -1.47. The third-order valence-corrected chi connectivity index (χ3v) is 4.86. The fourth-order valence-corrected chi connectivity index (χ4v) is 3.20. The third-order valence-electron chi connectivity index (χ3n) is 4.34. The minimum absolute atomic E-state index is 0.183. The Morgan fingerprint density at radius 1 is 0.889 bits per heavy atom. The predicted molar refractivity (Wildman–Crippen MR) is 96.6 cm³/mol. The molecular formula is C18H12BrN3O5. The number of fused-ring (bicyclic) bond motifs is 1. The summed E-state index contributed by atoms with van der Waals surface area (Å²) in [7, 11) is 1.31. The van der Waals surface area contributed by atoms with Gasteiger partial charge in [0.05, 0.1) is 11.1 Å². The molecule has 0 aromatic heterocycles. The van der Waals surface area contributed by atoms with Crippen molar-refractivity contribution >= 4 is 45.4 Å². The first kappa shape index (κ1) is 17.4. The number of urea groups is 1. The van der Waals surface area contributed by atoms with Crippen LogP contribution in [-0.4, -0.2) is 47.0 Å². The number of hydrogen-bond acceptors (Lipinski definition) is 5. The molecule has 1 saturated heterocycles. The van der Waals surface area contributed by atoms with Crippen LogP contribution in [0.4, 0.5) is 10.5 Å². The van der Waals surface area contributed by atoms with E-state index in [0.29, 0.717) is 10.8 Å². The Balaban J connectivity index is 1.68. The second-order valence-electron chi connectivity index (χ2n) is 5.93. The van der Waals surface area contributed by atoms with Crippen LogP contribution < -0.4 is 4.90 Å². The van der Waals surface area contributed by atoms with Crippen LogP contribution in [0.2, 0.25) is 0 Å². The van der Waals surface area contributed by atoms with E-state index < -0.39 is 30.0 Å². The molecule has 0 bridgehead atoms. The molecule has 5 amide bonds. The molecule has 9 heteroatoms. The van der Waals surface area contributed by atoms with E-state index in [1.54, 1.807) is 36.4 Å². The van der Waals surface area contributed by atoms with E-state index in [0.717, 1.165) is 14.3 Å². The molecule has 2 aromatic carbocycles. The normalized spacial score (nSPS) is 19.3. The van der Waals surface area contributed by atoms with Crippen molar-refractivity contribution in [3.8, 4) is 0 Å². The van der Waals surface area contributed by atoms with Crippen LogP contribution >= 0.6 is 15.9 Å². The Morgan fingerprint density at radius 3 is 2.00 bits per heavy atom. The van der Waals surface area contributed by atoms with E-state index >= 15 is 0 Å². The van der Waals surface area contributed by atoms with Gasteiger partial charge < -0.3 is 0 Å². The highest BCUT2D eigenvalue weighted by Crippen LogP contribution is 2.30. The summed E-state index contributed by atoms with van der Waals surface area (Å²) >= 11 is 3.30. The number of halogens is 1. The molecule has 0 radical (unpaired) electrons. The first-order valence-corrected chi connectivity index (χ1v) is 8.70. The summed E-state index contributed by atoms with van der Waals surface area (Å²) in [6.07, 6.45) is -1.47. The maximum Gasteiger partial charge on any atom is 0.333 e. The average Bonchev–Trinajstić information content (AvgIpc) is 3.04. The van der Waals surface area contributed by atoms with E-state index in [1.165, 1.54) is 19.2 Å². The van der Waals surface area contributed by atoms with E-state index in [-0.39, 0.29) is 11.1 Å². The van der Waals surface area contributed by atoms with E-state index in [4.69, 9.17) is 4.84 Å². The minimum Gasteiger partial charge on any atom is -0.269 e. The van der Waals surface area contributed by atoms with Crippen molar-refractivity contribution in [3.05, 3.63) is 64.1 Å². The summed E-state index contributed by atoms with van der Waals surface area (Å²) in [5.74, 6) is -2.04. The van der Waals surface area contributed by atoms with Gasteiger partial charge in [-0.3, -0.25) is 24.2 Å². The molecule has 8 nitrogen and oxygen atoms in total. The molecule has 0 saturated carbocycles. The number of hydrogen-bond donors (Lipinski definition) is 0. The molecule has 0 spiro atoms. The second kappa shape index (κ2) is 6.29. The van der Waals surface area contributed by atoms with Gasteiger partial charge in [-0.1, -0.05) is 28.1 Å². The number of likely N-dealkylation sites (N-methyl/N-ethyl adjacent to an activating group) is 1. The number of carbonyl (C=O) groups excluding carboxylic acids is 4. The largest absolute Gasteiger partial charge is 0.333 e. The molecule has 1 atom stereocenters. The van der Waals surface area contributed by atoms with Crippen molar-refractivity contribution in [2.75, 3.05) is 11.9 Å². The number of imide groups is 2. The molecule has 136 valence electrons. The van der Waals surface area contributed by atoms with Crippen LogP contribution in [0.5, 0.6) is 0 Å². The van der Waals surface area contributed by atoms with Crippen LogP contribution in [0.25, 0.3) is 0 Å². The smallest absolute Gasteiger partial charge is 0.269 e. The number of carbonyl (C=O) groups is 4. The fourth-order valence-electron chi connectivity index (χ4n) is 2.93. The van der Waals surface area contributed by atoms with Crippen LogP contribution in [0.15, 0.2) is 53.0 Å². The maximum absolute atomic E-state index is 12.5. The molecule has 27 heavy (non-hydrogen) atoms. The SMILES string of the molecule is CN1C(=O)[C@@H](ON2C(=O)c3ccccc3C2=O)N(c2ccc(Br)cc2)C1=O. The van der Waals surface area contributed by atoms with Gasteiger partial charge in [-0.05, 0) is 36.4 Å². The quantitative estimate of drug-likeness (QED) is 0.552. The van der Waals surface area contributed by atoms with Gasteiger partial charge >= 0.3 is 6.03 Å². The van der Waals surface area contributed by atoms with Crippen LogP contribution in [-0.2, 0) is 9.63 Å². The molecule has 0 aliphatic carbocycles. The summed E-state index contributed by atoms with van der Waals surface area (Å²) in [5.41, 5.74) is 0.758. The molecule has 2 heterocycles. The van der Waals surface area contributed by atoms with Crippen molar-refractivity contribution < 1.29 is 24.0 Å². The summed E-state index contributed by atoms with van der Waals surface area (Å²) in [4.78, 5) is 57.5. The zero-order chi connectivity index (χ0) is 19.3. The van der Waals surface area contributed by atoms with Gasteiger partial charge in [0.25, 0.3) is 17.7 Å². The van der Waals surface area contributed by atoms with Gasteiger partial charge in [0, 0.05) is 17.2 Å². The monoisotopic (exact) mass is 429 g/mol. The molecule has 0 unspecified atom stereocenters. The molecule has 2 aliphatic heterocycles. The summed E-state index contributed by atoms with van der Waals surface area (Å²) in [5, 5.41) is 0.533. The standard InChI is InChI=1S/C18H12BrN3O5/c1-20-16(25)17(21(18(20)26)11-8-6-10(19)7-9-11)27-22-14(23)12-4-2-3-5-13(12)15(22)24/h2-9,17H,1H3/t17-/m1/s1. The topological polar surface area (TPSA) is 87.2 Å². The number of benzene rings is 2. The van der Waals surface area contributed by atoms with Crippen molar-refractivity contribution in [1.82, 2.24) is 9.96 Å². The Hall–Kier alpha value is -3.04. The van der Waals surface area contributed by atoms with Crippen LogP contribution in [0, 0.1) is 0 Å². The highest BCUT2D eigenvalue weighted by atomic mass is 79.9. The molecule has 4 rings (SSSR count). The third kappa shape index (κ3) is 2.63. The Kier molecular flexibility index (Phi) is 4.05. The maximum atomic E-state index is 12.5. The van der Waals surface area contributed by atoms with Crippen LogP contribution in [0.1, 0.15) is 20.7 Å². The molecular weight excluding hydrogens is 418 g/mol. The van der Waals surface area contributed by atoms with Gasteiger partial charge in [0.1, 0.15) is 0 Å². The van der Waals surface area contributed by atoms with Crippen molar-refractivity contribution in [2.45, 2.75) is 6.23 Å². The van der Waals surface area contributed by atoms with Crippen molar-refractivity contribution in [2.24, 2.45) is 0 Å². The van der Waals surface area contributed by atoms with E-state index in [2.05, 4.69) is 15.9 Å². The average molecular weight is 430 g/mol. The zero-order valence-electron chi connectivity index (χ0n) is 14.0. The number of anilines is 1. The van der Waals surface area contributed by atoms with Gasteiger partial charge in [-0.15, -0.1) is 5.06 Å². The molecule has 2 aliphatic rings. The Labute approximate surface area is 162 Å². The Morgan fingerprint density at radius 2 is 1.44 bits per heavy atom. The predicted octanol–water partition coefficient (Wildman–Crippen LogP) is 2.40. The Bertz CT molecular complexity index is 956.